The molecule has 3 rings (SSSR count). The number of aliphatic imine (C=N–C) groups is 1. The first-order valence-electron chi connectivity index (χ1n) is 8.33. The van der Waals surface area contributed by atoms with Crippen molar-refractivity contribution in [1.82, 2.24) is 0 Å². The molecular weight excluding hydrogens is 274 g/mol. The maximum absolute atomic E-state index is 6.15. The van der Waals surface area contributed by atoms with Gasteiger partial charge in [-0.25, -0.2) is 4.99 Å². The van der Waals surface area contributed by atoms with Crippen LogP contribution in [0.1, 0.15) is 39.2 Å². The summed E-state index contributed by atoms with van der Waals surface area (Å²) in [5, 5.41) is 3.24. The fourth-order valence-electron chi connectivity index (χ4n) is 3.96. The van der Waals surface area contributed by atoms with Crippen LogP contribution in [0.2, 0.25) is 0 Å². The molecule has 3 N–H and O–H groups in total. The Labute approximate surface area is 133 Å². The van der Waals surface area contributed by atoms with Gasteiger partial charge in [-0.05, 0) is 37.0 Å². The molecule has 120 valence electrons. The summed E-state index contributed by atoms with van der Waals surface area (Å²) in [6.45, 7) is 7.51. The van der Waals surface area contributed by atoms with Gasteiger partial charge < -0.3 is 15.8 Å². The molecule has 2 aliphatic rings. The molecule has 1 saturated heterocycles. The average Bonchev–Trinajstić information content (AvgIpc) is 2.53. The molecule has 1 heterocycles. The quantitative estimate of drug-likeness (QED) is 0.666. The molecular formula is C18H27N3O. The zero-order chi connectivity index (χ0) is 15.7. The van der Waals surface area contributed by atoms with E-state index in [-0.39, 0.29) is 11.5 Å². The van der Waals surface area contributed by atoms with Crippen LogP contribution in [0.3, 0.4) is 0 Å². The van der Waals surface area contributed by atoms with Crippen LogP contribution in [0, 0.1) is 11.3 Å². The molecule has 4 nitrogen and oxygen atoms in total. The summed E-state index contributed by atoms with van der Waals surface area (Å²) in [6, 6.07) is 8.57. The second-order valence-corrected chi connectivity index (χ2v) is 7.06. The number of nitrogens with one attached hydrogen (secondary N) is 1. The molecule has 3 unspecified atom stereocenters. The molecule has 1 aliphatic carbocycles. The number of benzene rings is 1. The first-order chi connectivity index (χ1) is 10.5. The monoisotopic (exact) mass is 301 g/mol. The summed E-state index contributed by atoms with van der Waals surface area (Å²) in [5.41, 5.74) is 8.52. The number of nitrogens with zero attached hydrogens (tertiary/aromatic N) is 1. The molecule has 22 heavy (non-hydrogen) atoms. The van der Waals surface area contributed by atoms with Gasteiger partial charge in [-0.15, -0.1) is 0 Å². The minimum Gasteiger partial charge on any atom is -0.377 e. The fourth-order valence-corrected chi connectivity index (χ4v) is 3.96. The average molecular weight is 301 g/mol. The predicted octanol–water partition coefficient (Wildman–Crippen LogP) is 3.18. The van der Waals surface area contributed by atoms with Gasteiger partial charge in [-0.1, -0.05) is 32.9 Å². The third-order valence-electron chi connectivity index (χ3n) is 5.16. The van der Waals surface area contributed by atoms with Gasteiger partial charge in [0.15, 0.2) is 5.96 Å². The normalized spacial score (nSPS) is 30.3. The Kier molecular flexibility index (Phi) is 4.13. The first-order valence-corrected chi connectivity index (χ1v) is 8.33. The largest absolute Gasteiger partial charge is 0.377 e. The number of hydrogen-bond acceptors (Lipinski definition) is 2. The number of aryl methyl sites for hydroxylation is 1. The van der Waals surface area contributed by atoms with Crippen LogP contribution in [0.25, 0.3) is 0 Å². The number of anilines is 1. The van der Waals surface area contributed by atoms with Crippen molar-refractivity contribution in [3.05, 3.63) is 29.8 Å². The van der Waals surface area contributed by atoms with Crippen molar-refractivity contribution in [2.45, 2.75) is 52.2 Å². The van der Waals surface area contributed by atoms with Crippen molar-refractivity contribution in [1.29, 1.82) is 0 Å². The van der Waals surface area contributed by atoms with E-state index in [0.717, 1.165) is 25.1 Å². The highest BCUT2D eigenvalue weighted by molar-refractivity contribution is 5.92. The topological polar surface area (TPSA) is 59.6 Å². The van der Waals surface area contributed by atoms with Gasteiger partial charge in [0.25, 0.3) is 0 Å². The third-order valence-corrected chi connectivity index (χ3v) is 5.16. The Bertz CT molecular complexity index is 567. The summed E-state index contributed by atoms with van der Waals surface area (Å²) < 4.78 is 5.92. The standard InChI is InChI=1S/C18H27N3O/c1-4-12-7-5-8-13(11-12)20-17(19)21-15-14-9-6-10-22-16(14)18(15,2)3/h5,7-8,11,14-16H,4,6,9-10H2,1-3H3,(H3,19,20,21). The lowest BCUT2D eigenvalue weighted by Crippen LogP contribution is -2.64. The van der Waals surface area contributed by atoms with Gasteiger partial charge in [-0.2, -0.15) is 0 Å². The molecule has 3 atom stereocenters. The summed E-state index contributed by atoms with van der Waals surface area (Å²) in [6.07, 6.45) is 3.69. The highest BCUT2D eigenvalue weighted by Crippen LogP contribution is 2.53. The van der Waals surface area contributed by atoms with Gasteiger partial charge in [0.05, 0.1) is 12.1 Å². The minimum absolute atomic E-state index is 0.0721. The van der Waals surface area contributed by atoms with E-state index in [0.29, 0.717) is 18.0 Å². The fraction of sp³-hybridized carbons (Fsp3) is 0.611. The van der Waals surface area contributed by atoms with Gasteiger partial charge in [-0.3, -0.25) is 0 Å². The third kappa shape index (κ3) is 2.72. The molecule has 0 bridgehead atoms. The SMILES string of the molecule is CCc1cccc(NC(N)=NC2C3CCCOC3C2(C)C)c1. The summed E-state index contributed by atoms with van der Waals surface area (Å²) in [7, 11) is 0. The number of guanidine groups is 1. The van der Waals surface area contributed by atoms with Gasteiger partial charge in [0.2, 0.25) is 0 Å². The molecule has 1 aromatic rings. The highest BCUT2D eigenvalue weighted by Gasteiger charge is 2.58. The molecule has 0 aromatic heterocycles. The van der Waals surface area contributed by atoms with Crippen LogP contribution in [-0.2, 0) is 11.2 Å². The van der Waals surface area contributed by atoms with Crippen molar-refractivity contribution in [3.63, 3.8) is 0 Å². The van der Waals surface area contributed by atoms with Crippen LogP contribution in [0.4, 0.5) is 5.69 Å². The van der Waals surface area contributed by atoms with Gasteiger partial charge in [0.1, 0.15) is 0 Å². The maximum Gasteiger partial charge on any atom is 0.193 e. The molecule has 2 fully saturated rings. The Hall–Kier alpha value is -1.55. The van der Waals surface area contributed by atoms with E-state index in [4.69, 9.17) is 15.5 Å². The Morgan fingerprint density at radius 2 is 2.27 bits per heavy atom. The van der Waals surface area contributed by atoms with Crippen molar-refractivity contribution < 1.29 is 4.74 Å². The second-order valence-electron chi connectivity index (χ2n) is 7.06. The number of hydrogen-bond donors (Lipinski definition) is 2. The van der Waals surface area contributed by atoms with Crippen LogP contribution in [0.5, 0.6) is 0 Å². The minimum atomic E-state index is 0.0721. The zero-order valence-electron chi connectivity index (χ0n) is 13.8. The van der Waals surface area contributed by atoms with E-state index in [2.05, 4.69) is 38.2 Å². The first kappa shape index (κ1) is 15.3. The van der Waals surface area contributed by atoms with Gasteiger partial charge in [0, 0.05) is 23.6 Å². The zero-order valence-corrected chi connectivity index (χ0v) is 13.8. The number of nitrogens with two attached hydrogens (primary N) is 1. The van der Waals surface area contributed by atoms with Crippen molar-refractivity contribution in [3.8, 4) is 0 Å². The van der Waals surface area contributed by atoms with Crippen LogP contribution in [0.15, 0.2) is 29.3 Å². The van der Waals surface area contributed by atoms with Crippen molar-refractivity contribution in [2.75, 3.05) is 11.9 Å². The number of fused-ring (bicyclic) bond motifs is 1. The molecule has 4 heteroatoms. The lowest BCUT2D eigenvalue weighted by atomic mass is 9.55. The van der Waals surface area contributed by atoms with Crippen molar-refractivity contribution >= 4 is 11.6 Å². The van der Waals surface area contributed by atoms with E-state index in [1.165, 1.54) is 12.0 Å². The van der Waals surface area contributed by atoms with E-state index >= 15 is 0 Å². The summed E-state index contributed by atoms with van der Waals surface area (Å²) >= 11 is 0. The summed E-state index contributed by atoms with van der Waals surface area (Å²) in [5.74, 6) is 1.03. The van der Waals surface area contributed by atoms with Gasteiger partial charge >= 0.3 is 0 Å². The Morgan fingerprint density at radius 1 is 1.45 bits per heavy atom. The predicted molar refractivity (Wildman–Crippen MR) is 91.1 cm³/mol. The number of rotatable bonds is 3. The lowest BCUT2D eigenvalue weighted by Gasteiger charge is -2.58. The molecule has 1 saturated carbocycles. The van der Waals surface area contributed by atoms with E-state index in [9.17, 15) is 0 Å². The molecule has 0 amide bonds. The van der Waals surface area contributed by atoms with Crippen LogP contribution < -0.4 is 11.1 Å². The maximum atomic E-state index is 6.15. The highest BCUT2D eigenvalue weighted by atomic mass is 16.5. The molecule has 1 aromatic carbocycles. The Morgan fingerprint density at radius 3 is 3.05 bits per heavy atom. The molecule has 1 aliphatic heterocycles. The number of ether oxygens (including phenoxy) is 1. The van der Waals surface area contributed by atoms with Crippen LogP contribution >= 0.6 is 0 Å². The van der Waals surface area contributed by atoms with Crippen LogP contribution in [-0.4, -0.2) is 24.7 Å². The van der Waals surface area contributed by atoms with E-state index in [1.807, 2.05) is 12.1 Å². The summed E-state index contributed by atoms with van der Waals surface area (Å²) in [4.78, 5) is 4.77. The van der Waals surface area contributed by atoms with E-state index in [1.54, 1.807) is 0 Å². The lowest BCUT2D eigenvalue weighted by molar-refractivity contribution is -0.182. The van der Waals surface area contributed by atoms with Crippen molar-refractivity contribution in [2.24, 2.45) is 22.1 Å². The molecule has 0 spiro atoms. The van der Waals surface area contributed by atoms with E-state index < -0.39 is 0 Å². The Balaban J connectivity index is 1.71. The molecule has 0 radical (unpaired) electrons. The smallest absolute Gasteiger partial charge is 0.193 e. The second kappa shape index (κ2) is 5.92.